The van der Waals surface area contributed by atoms with Gasteiger partial charge in [-0.05, 0) is 77.1 Å². The first-order valence-electron chi connectivity index (χ1n) is 15.0. The summed E-state index contributed by atoms with van der Waals surface area (Å²) < 4.78 is 11.8. The predicted molar refractivity (Wildman–Crippen MR) is 176 cm³/mol. The van der Waals surface area contributed by atoms with Gasteiger partial charge in [-0.25, -0.2) is 24.5 Å². The van der Waals surface area contributed by atoms with Gasteiger partial charge >= 0.3 is 12.1 Å². The minimum atomic E-state index is -0.563. The highest BCUT2D eigenvalue weighted by atomic mass is 32.1. The zero-order valence-corrected chi connectivity index (χ0v) is 26.8. The molecular weight excluding hydrogens is 590 g/mol. The van der Waals surface area contributed by atoms with Crippen LogP contribution in [-0.2, 0) is 9.47 Å². The summed E-state index contributed by atoms with van der Waals surface area (Å²) in [7, 11) is 0. The molecule has 45 heavy (non-hydrogen) atoms. The smallest absolute Gasteiger partial charge is 0.410 e. The number of hydrogen-bond acceptors (Lipinski definition) is 9. The summed E-state index contributed by atoms with van der Waals surface area (Å²) in [4.78, 5) is 48.4. The molecule has 0 unspecified atom stereocenters. The quantitative estimate of drug-likeness (QED) is 0.250. The van der Waals surface area contributed by atoms with Gasteiger partial charge in [0.1, 0.15) is 11.9 Å². The van der Waals surface area contributed by atoms with Crippen molar-refractivity contribution in [1.29, 1.82) is 0 Å². The normalized spacial score (nSPS) is 16.5. The lowest BCUT2D eigenvalue weighted by Crippen LogP contribution is -2.59. The van der Waals surface area contributed by atoms with Crippen LogP contribution in [0.1, 0.15) is 39.3 Å². The molecule has 2 saturated heterocycles. The number of thiazole rings is 1. The van der Waals surface area contributed by atoms with Crippen LogP contribution < -0.4 is 5.32 Å². The lowest BCUT2D eigenvalue weighted by Gasteiger charge is -2.47. The minimum absolute atomic E-state index is 0.222. The van der Waals surface area contributed by atoms with Crippen LogP contribution in [0, 0.1) is 6.92 Å². The number of carbonyl (C=O) groups is 2. The number of anilines is 1. The third-order valence-corrected chi connectivity index (χ3v) is 9.12. The molecule has 12 heteroatoms. The fourth-order valence-corrected chi connectivity index (χ4v) is 6.73. The van der Waals surface area contributed by atoms with Gasteiger partial charge < -0.3 is 19.3 Å². The van der Waals surface area contributed by atoms with Gasteiger partial charge in [0.15, 0.2) is 5.13 Å². The molecule has 6 rings (SSSR count). The number of aliphatic imine (C=N–C) groups is 1. The summed E-state index contributed by atoms with van der Waals surface area (Å²) in [6.07, 6.45) is 2.47. The van der Waals surface area contributed by atoms with Crippen molar-refractivity contribution >= 4 is 51.9 Å². The van der Waals surface area contributed by atoms with Crippen LogP contribution in [0.2, 0.25) is 0 Å². The maximum absolute atomic E-state index is 13.5. The van der Waals surface area contributed by atoms with Crippen molar-refractivity contribution in [2.45, 2.75) is 51.7 Å². The molecule has 234 valence electrons. The van der Waals surface area contributed by atoms with Crippen molar-refractivity contribution in [3.05, 3.63) is 54.5 Å². The second-order valence-corrected chi connectivity index (χ2v) is 13.4. The number of ether oxygens (including phenoxy) is 2. The number of nitrogens with zero attached hydrogens (tertiary/aromatic N) is 6. The Morgan fingerprint density at radius 3 is 2.62 bits per heavy atom. The number of fused-ring (bicyclic) bond motifs is 1. The second kappa shape index (κ2) is 12.2. The number of amides is 3. The fraction of sp³-hybridized carbons (Fsp3) is 0.394. The molecule has 2 aliphatic heterocycles. The lowest BCUT2D eigenvalue weighted by molar-refractivity contribution is -0.129. The van der Waals surface area contributed by atoms with Crippen LogP contribution in [-0.4, -0.2) is 87.6 Å². The van der Waals surface area contributed by atoms with Gasteiger partial charge in [-0.1, -0.05) is 29.5 Å². The molecule has 2 aromatic heterocycles. The van der Waals surface area contributed by atoms with E-state index in [0.717, 1.165) is 44.0 Å². The molecule has 0 radical (unpaired) electrons. The number of hydrogen-bond donors (Lipinski definition) is 1. The lowest BCUT2D eigenvalue weighted by atomic mass is 9.89. The van der Waals surface area contributed by atoms with Crippen molar-refractivity contribution in [2.24, 2.45) is 4.99 Å². The van der Waals surface area contributed by atoms with E-state index in [1.54, 1.807) is 16.1 Å². The molecule has 0 aliphatic carbocycles. The molecule has 1 N–H and O–H groups in total. The van der Waals surface area contributed by atoms with Crippen LogP contribution >= 0.6 is 11.3 Å². The van der Waals surface area contributed by atoms with Crippen LogP contribution in [0.4, 0.5) is 20.4 Å². The van der Waals surface area contributed by atoms with Crippen LogP contribution in [0.15, 0.2) is 53.8 Å². The Morgan fingerprint density at radius 2 is 1.87 bits per heavy atom. The number of carbonyl (C=O) groups excluding carboxylic acids is 2. The van der Waals surface area contributed by atoms with Gasteiger partial charge in [0, 0.05) is 36.3 Å². The first kappa shape index (κ1) is 30.6. The average molecular weight is 628 g/mol. The summed E-state index contributed by atoms with van der Waals surface area (Å²) in [5.74, 6) is 0. The number of aromatic nitrogens is 3. The molecule has 2 aliphatic rings. The first-order valence-corrected chi connectivity index (χ1v) is 15.8. The molecular formula is C33H37N7O4S. The molecule has 4 aromatic rings. The second-order valence-electron chi connectivity index (χ2n) is 12.4. The molecule has 0 saturated carbocycles. The van der Waals surface area contributed by atoms with E-state index in [1.807, 2.05) is 64.1 Å². The van der Waals surface area contributed by atoms with Crippen molar-refractivity contribution in [3.8, 4) is 21.7 Å². The van der Waals surface area contributed by atoms with Gasteiger partial charge in [-0.15, -0.1) is 0 Å². The van der Waals surface area contributed by atoms with Crippen LogP contribution in [0.25, 0.3) is 32.6 Å². The Bertz CT molecular complexity index is 1760. The number of piperidine rings is 1. The number of benzene rings is 2. The summed E-state index contributed by atoms with van der Waals surface area (Å²) in [5, 5.41) is 4.49. The Hall–Kier alpha value is -4.42. The van der Waals surface area contributed by atoms with E-state index in [1.165, 1.54) is 11.3 Å². The summed E-state index contributed by atoms with van der Waals surface area (Å²) >= 11 is 1.42. The zero-order chi connectivity index (χ0) is 31.8. The maximum Gasteiger partial charge on any atom is 0.410 e. The van der Waals surface area contributed by atoms with Crippen molar-refractivity contribution in [3.63, 3.8) is 0 Å². The summed E-state index contributed by atoms with van der Waals surface area (Å²) in [5.41, 5.74) is 4.00. The number of likely N-dealkylation sites (tertiary alicyclic amines) is 1. The highest BCUT2D eigenvalue weighted by Gasteiger charge is 2.42. The van der Waals surface area contributed by atoms with Crippen molar-refractivity contribution < 1.29 is 19.1 Å². The molecule has 3 amide bonds. The number of urea groups is 1. The fourth-order valence-electron chi connectivity index (χ4n) is 5.76. The van der Waals surface area contributed by atoms with Crippen molar-refractivity contribution in [2.75, 3.05) is 38.1 Å². The van der Waals surface area contributed by atoms with Gasteiger partial charge in [-0.2, -0.15) is 0 Å². The SMILES string of the molecule is C=Nc1cccc(-c2nc(NC(=O)N3CCC4(CC3)CN(C(=O)OC(C)(C)C)CCO4)sc2-c2ccc3ncnc(C)c3c2)c1. The van der Waals surface area contributed by atoms with Crippen molar-refractivity contribution in [1.82, 2.24) is 24.8 Å². The van der Waals surface area contributed by atoms with E-state index in [-0.39, 0.29) is 12.1 Å². The summed E-state index contributed by atoms with van der Waals surface area (Å²) in [6, 6.07) is 13.5. The van der Waals surface area contributed by atoms with Gasteiger partial charge in [-0.3, -0.25) is 10.3 Å². The largest absolute Gasteiger partial charge is 0.444 e. The zero-order valence-electron chi connectivity index (χ0n) is 26.0. The Morgan fingerprint density at radius 1 is 1.07 bits per heavy atom. The molecule has 2 aromatic carbocycles. The Kier molecular flexibility index (Phi) is 8.27. The van der Waals surface area contributed by atoms with E-state index in [2.05, 4.69) is 33.1 Å². The molecule has 0 atom stereocenters. The molecule has 4 heterocycles. The van der Waals surface area contributed by atoms with E-state index < -0.39 is 11.2 Å². The number of aryl methyl sites for hydroxylation is 1. The number of morpholine rings is 1. The molecule has 1 spiro atoms. The molecule has 11 nitrogen and oxygen atoms in total. The number of rotatable bonds is 4. The predicted octanol–water partition coefficient (Wildman–Crippen LogP) is 6.69. The highest BCUT2D eigenvalue weighted by molar-refractivity contribution is 7.19. The van der Waals surface area contributed by atoms with Gasteiger partial charge in [0.05, 0.1) is 40.5 Å². The number of nitrogens with one attached hydrogen (secondary N) is 1. The van der Waals surface area contributed by atoms with Gasteiger partial charge in [0.2, 0.25) is 0 Å². The third kappa shape index (κ3) is 6.66. The Labute approximate surface area is 266 Å². The van der Waals surface area contributed by atoms with Crippen LogP contribution in [0.3, 0.4) is 0 Å². The standard InChI is InChI=1S/C33H37N7O4S/c1-21-25-18-23(9-10-26(25)36-20-35-21)28-27(22-7-6-8-24(17-22)34-5)37-29(45-28)38-30(41)39-13-11-33(12-14-39)19-40(15-16-43-33)31(42)44-32(2,3)4/h6-10,17-18,20H,5,11-16,19H2,1-4H3,(H,37,38,41). The topological polar surface area (TPSA) is 122 Å². The highest BCUT2D eigenvalue weighted by Crippen LogP contribution is 2.41. The van der Waals surface area contributed by atoms with Crippen LogP contribution in [0.5, 0.6) is 0 Å². The first-order chi connectivity index (χ1) is 21.5. The molecule has 0 bridgehead atoms. The molecule has 2 fully saturated rings. The summed E-state index contributed by atoms with van der Waals surface area (Å²) in [6.45, 7) is 13.6. The third-order valence-electron chi connectivity index (χ3n) is 8.10. The Balaban J connectivity index is 1.20. The average Bonchev–Trinajstić information content (AvgIpc) is 3.44. The van der Waals surface area contributed by atoms with E-state index in [0.29, 0.717) is 50.8 Å². The maximum atomic E-state index is 13.5. The van der Waals surface area contributed by atoms with E-state index in [9.17, 15) is 9.59 Å². The minimum Gasteiger partial charge on any atom is -0.444 e. The van der Waals surface area contributed by atoms with E-state index in [4.69, 9.17) is 14.5 Å². The monoisotopic (exact) mass is 627 g/mol. The van der Waals surface area contributed by atoms with E-state index >= 15 is 0 Å². The van der Waals surface area contributed by atoms with Gasteiger partial charge in [0.25, 0.3) is 0 Å².